The average molecular weight is 481 g/mol. The quantitative estimate of drug-likeness (QED) is 0.418. The van der Waals surface area contributed by atoms with Crippen LogP contribution in [0, 0.1) is 0 Å². The van der Waals surface area contributed by atoms with E-state index < -0.39 is 20.6 Å². The van der Waals surface area contributed by atoms with E-state index in [9.17, 15) is 8.42 Å². The number of halogens is 6. The molecule has 0 spiro atoms. The van der Waals surface area contributed by atoms with Gasteiger partial charge in [-0.05, 0) is 35.4 Å². The number of hydrogen-bond donors (Lipinski definition) is 0. The molecule has 25 heavy (non-hydrogen) atoms. The van der Waals surface area contributed by atoms with Gasteiger partial charge in [-0.15, -0.1) is 23.2 Å². The molecule has 2 unspecified atom stereocenters. The van der Waals surface area contributed by atoms with Crippen LogP contribution in [-0.4, -0.2) is 19.9 Å². The molecule has 0 heterocycles. The summed E-state index contributed by atoms with van der Waals surface area (Å²) in [5.74, 6) is -0.561. The number of hydrogen-bond acceptors (Lipinski definition) is 2. The highest BCUT2D eigenvalue weighted by molar-refractivity contribution is 7.91. The Hall–Kier alpha value is 0.130. The van der Waals surface area contributed by atoms with Gasteiger partial charge in [0.15, 0.2) is 9.84 Å². The molecular formula is C16H12Cl6O2S. The van der Waals surface area contributed by atoms with Gasteiger partial charge in [-0.2, -0.15) is 0 Å². The van der Waals surface area contributed by atoms with Gasteiger partial charge in [0.25, 0.3) is 0 Å². The fourth-order valence-corrected chi connectivity index (χ4v) is 5.57. The van der Waals surface area contributed by atoms with Crippen molar-refractivity contribution >= 4 is 79.4 Å². The molecule has 0 radical (unpaired) electrons. The molecule has 0 amide bonds. The molecule has 2 aromatic carbocycles. The minimum atomic E-state index is -3.54. The van der Waals surface area contributed by atoms with Crippen LogP contribution in [-0.2, 0) is 9.84 Å². The van der Waals surface area contributed by atoms with Gasteiger partial charge in [-0.1, -0.05) is 58.5 Å². The lowest BCUT2D eigenvalue weighted by Crippen LogP contribution is -2.18. The van der Waals surface area contributed by atoms with Gasteiger partial charge in [-0.3, -0.25) is 0 Å². The van der Waals surface area contributed by atoms with Crippen molar-refractivity contribution in [2.75, 3.05) is 11.5 Å². The lowest BCUT2D eigenvalue weighted by Gasteiger charge is -2.15. The first-order valence-corrected chi connectivity index (χ1v) is 11.2. The summed E-state index contributed by atoms with van der Waals surface area (Å²) in [4.78, 5) is 0. The third-order valence-electron chi connectivity index (χ3n) is 3.41. The molecule has 0 bridgehead atoms. The summed E-state index contributed by atoms with van der Waals surface area (Å²) in [6, 6.07) is 9.52. The Morgan fingerprint density at radius 3 is 1.36 bits per heavy atom. The lowest BCUT2D eigenvalue weighted by atomic mass is 10.2. The van der Waals surface area contributed by atoms with E-state index >= 15 is 0 Å². The van der Waals surface area contributed by atoms with E-state index in [0.717, 1.165) is 0 Å². The Balaban J connectivity index is 2.09. The Bertz CT molecular complexity index is 803. The fraction of sp³-hybridized carbons (Fsp3) is 0.250. The third kappa shape index (κ3) is 6.07. The maximum atomic E-state index is 12.4. The second-order valence-electron chi connectivity index (χ2n) is 5.36. The summed E-state index contributed by atoms with van der Waals surface area (Å²) in [6.07, 6.45) is 0. The van der Waals surface area contributed by atoms with Crippen LogP contribution in [0.25, 0.3) is 0 Å². The monoisotopic (exact) mass is 478 g/mol. The van der Waals surface area contributed by atoms with Crippen molar-refractivity contribution in [1.82, 2.24) is 0 Å². The second-order valence-corrected chi connectivity index (χ2v) is 10.2. The third-order valence-corrected chi connectivity index (χ3v) is 7.75. The van der Waals surface area contributed by atoms with Crippen molar-refractivity contribution in [3.63, 3.8) is 0 Å². The molecular weight excluding hydrogens is 469 g/mol. The number of alkyl halides is 2. The lowest BCUT2D eigenvalue weighted by molar-refractivity contribution is 0.593. The molecule has 2 atom stereocenters. The molecule has 2 rings (SSSR count). The molecule has 0 aromatic heterocycles. The predicted molar refractivity (Wildman–Crippen MR) is 109 cm³/mol. The maximum absolute atomic E-state index is 12.4. The minimum absolute atomic E-state index is 0.281. The van der Waals surface area contributed by atoms with E-state index in [1.807, 2.05) is 0 Å². The van der Waals surface area contributed by atoms with E-state index in [0.29, 0.717) is 31.2 Å². The number of rotatable bonds is 6. The number of sulfone groups is 1. The topological polar surface area (TPSA) is 34.1 Å². The van der Waals surface area contributed by atoms with Crippen molar-refractivity contribution in [2.45, 2.75) is 10.8 Å². The first-order chi connectivity index (χ1) is 11.6. The van der Waals surface area contributed by atoms with Gasteiger partial charge in [0, 0.05) is 0 Å². The molecule has 9 heteroatoms. The highest BCUT2D eigenvalue weighted by Crippen LogP contribution is 2.32. The van der Waals surface area contributed by atoms with Gasteiger partial charge in [0.05, 0.1) is 42.4 Å². The Morgan fingerprint density at radius 1 is 0.680 bits per heavy atom. The normalized spacial score (nSPS) is 14.3. The maximum Gasteiger partial charge on any atom is 0.153 e. The zero-order valence-corrected chi connectivity index (χ0v) is 17.9. The smallest absolute Gasteiger partial charge is 0.153 e. The predicted octanol–water partition coefficient (Wildman–Crippen LogP) is 6.98. The van der Waals surface area contributed by atoms with Crippen LogP contribution in [0.15, 0.2) is 36.4 Å². The first-order valence-electron chi connectivity index (χ1n) is 6.97. The molecule has 0 aliphatic carbocycles. The molecule has 0 aliphatic rings. The van der Waals surface area contributed by atoms with E-state index in [1.165, 1.54) is 0 Å². The summed E-state index contributed by atoms with van der Waals surface area (Å²) in [7, 11) is -3.54. The van der Waals surface area contributed by atoms with Crippen LogP contribution in [0.3, 0.4) is 0 Å². The van der Waals surface area contributed by atoms with Crippen molar-refractivity contribution in [3.8, 4) is 0 Å². The Kier molecular flexibility index (Phi) is 7.61. The van der Waals surface area contributed by atoms with E-state index in [-0.39, 0.29) is 11.5 Å². The molecule has 2 aromatic rings. The largest absolute Gasteiger partial charge is 0.229 e. The van der Waals surface area contributed by atoms with Gasteiger partial charge >= 0.3 is 0 Å². The van der Waals surface area contributed by atoms with Gasteiger partial charge in [0.2, 0.25) is 0 Å². The Labute approximate surface area is 176 Å². The SMILES string of the molecule is O=S(=O)(CC(Cl)c1ccc(Cl)c(Cl)c1)CC(Cl)c1ccc(Cl)c(Cl)c1. The summed E-state index contributed by atoms with van der Waals surface area (Å²) >= 11 is 36.0. The van der Waals surface area contributed by atoms with Crippen LogP contribution in [0.5, 0.6) is 0 Å². The first kappa shape index (κ1) is 21.4. The van der Waals surface area contributed by atoms with Gasteiger partial charge < -0.3 is 0 Å². The summed E-state index contributed by atoms with van der Waals surface area (Å²) in [6.45, 7) is 0. The molecule has 0 fully saturated rings. The standard InChI is InChI=1S/C16H12Cl6O2S/c17-11-3-1-9(5-13(11)19)15(21)7-25(23,24)8-16(22)10-2-4-12(18)14(20)6-10/h1-6,15-16H,7-8H2. The molecule has 0 aliphatic heterocycles. The molecule has 2 nitrogen and oxygen atoms in total. The molecule has 136 valence electrons. The van der Waals surface area contributed by atoms with E-state index in [1.54, 1.807) is 36.4 Å². The van der Waals surface area contributed by atoms with Gasteiger partial charge in [-0.25, -0.2) is 8.42 Å². The minimum Gasteiger partial charge on any atom is -0.229 e. The van der Waals surface area contributed by atoms with Crippen molar-refractivity contribution < 1.29 is 8.42 Å². The summed E-state index contributed by atoms with van der Waals surface area (Å²) < 4.78 is 24.8. The fourth-order valence-electron chi connectivity index (χ4n) is 2.12. The van der Waals surface area contributed by atoms with Crippen LogP contribution < -0.4 is 0 Å². The molecule has 0 saturated heterocycles. The van der Waals surface area contributed by atoms with Gasteiger partial charge in [0.1, 0.15) is 0 Å². The van der Waals surface area contributed by atoms with Crippen LogP contribution in [0.2, 0.25) is 20.1 Å². The second kappa shape index (κ2) is 8.88. The summed E-state index contributed by atoms with van der Waals surface area (Å²) in [5.41, 5.74) is 1.14. The Morgan fingerprint density at radius 2 is 1.04 bits per heavy atom. The van der Waals surface area contributed by atoms with Crippen LogP contribution in [0.4, 0.5) is 0 Å². The van der Waals surface area contributed by atoms with Crippen LogP contribution in [0.1, 0.15) is 21.9 Å². The van der Waals surface area contributed by atoms with E-state index in [2.05, 4.69) is 0 Å². The molecule has 0 N–H and O–H groups in total. The van der Waals surface area contributed by atoms with E-state index in [4.69, 9.17) is 69.6 Å². The van der Waals surface area contributed by atoms with Crippen LogP contribution >= 0.6 is 69.6 Å². The van der Waals surface area contributed by atoms with Crippen molar-refractivity contribution in [2.24, 2.45) is 0 Å². The molecule has 0 saturated carbocycles. The highest BCUT2D eigenvalue weighted by atomic mass is 35.5. The summed E-state index contributed by atoms with van der Waals surface area (Å²) in [5, 5.41) is -0.161. The zero-order valence-electron chi connectivity index (χ0n) is 12.5. The highest BCUT2D eigenvalue weighted by Gasteiger charge is 2.24. The number of benzene rings is 2. The average Bonchev–Trinajstić information content (AvgIpc) is 2.51. The van der Waals surface area contributed by atoms with Crippen molar-refractivity contribution in [3.05, 3.63) is 67.6 Å². The van der Waals surface area contributed by atoms with Crippen molar-refractivity contribution in [1.29, 1.82) is 0 Å². The zero-order chi connectivity index (χ0) is 18.8.